The second-order valence-corrected chi connectivity index (χ2v) is 4.23. The lowest BCUT2D eigenvalue weighted by Crippen LogP contribution is -2.05. The minimum Gasteiger partial charge on any atom is -0.384 e. The quantitative estimate of drug-likeness (QED) is 0.868. The smallest absolute Gasteiger partial charge is 0.123 e. The zero-order chi connectivity index (χ0) is 13.0. The molecule has 0 saturated heterocycles. The van der Waals surface area contributed by atoms with Gasteiger partial charge in [0, 0.05) is 6.54 Å². The highest BCUT2D eigenvalue weighted by molar-refractivity contribution is 5.31. The van der Waals surface area contributed by atoms with Gasteiger partial charge in [0.25, 0.3) is 0 Å². The van der Waals surface area contributed by atoms with Crippen LogP contribution in [0.1, 0.15) is 22.8 Å². The Hall–Kier alpha value is -1.71. The molecular weight excluding hydrogens is 229 g/mol. The Balaban J connectivity index is 2.17. The first kappa shape index (κ1) is 12.7. The van der Waals surface area contributed by atoms with E-state index in [4.69, 9.17) is 0 Å². The average molecular weight is 245 g/mol. The van der Waals surface area contributed by atoms with Gasteiger partial charge in [-0.1, -0.05) is 36.4 Å². The summed E-state index contributed by atoms with van der Waals surface area (Å²) in [4.78, 5) is 0. The molecule has 2 aromatic rings. The summed E-state index contributed by atoms with van der Waals surface area (Å²) >= 11 is 0. The highest BCUT2D eigenvalue weighted by Crippen LogP contribution is 2.22. The highest BCUT2D eigenvalue weighted by atomic mass is 19.1. The molecule has 0 saturated carbocycles. The van der Waals surface area contributed by atoms with Gasteiger partial charge in [0.2, 0.25) is 0 Å². The molecule has 0 aliphatic heterocycles. The fourth-order valence-electron chi connectivity index (χ4n) is 1.86. The SMILES string of the molecule is CNCc1ccc(C(O)c2ccc(F)cc2)cc1. The molecule has 0 heterocycles. The molecule has 0 aromatic heterocycles. The summed E-state index contributed by atoms with van der Waals surface area (Å²) in [6.07, 6.45) is -0.714. The number of aliphatic hydroxyl groups excluding tert-OH is 1. The average Bonchev–Trinajstić information content (AvgIpc) is 2.40. The summed E-state index contributed by atoms with van der Waals surface area (Å²) in [5, 5.41) is 13.2. The maximum atomic E-state index is 12.8. The number of hydrogen-bond acceptors (Lipinski definition) is 2. The molecule has 2 N–H and O–H groups in total. The van der Waals surface area contributed by atoms with Crippen LogP contribution in [0.5, 0.6) is 0 Å². The summed E-state index contributed by atoms with van der Waals surface area (Å²) in [5.74, 6) is -0.296. The number of benzene rings is 2. The van der Waals surface area contributed by atoms with Crippen molar-refractivity contribution in [1.29, 1.82) is 0 Å². The van der Waals surface area contributed by atoms with Gasteiger partial charge in [0.1, 0.15) is 11.9 Å². The number of rotatable bonds is 4. The maximum absolute atomic E-state index is 12.8. The van der Waals surface area contributed by atoms with Crippen LogP contribution in [0.3, 0.4) is 0 Å². The van der Waals surface area contributed by atoms with Gasteiger partial charge in [0.15, 0.2) is 0 Å². The van der Waals surface area contributed by atoms with E-state index >= 15 is 0 Å². The maximum Gasteiger partial charge on any atom is 0.123 e. The molecule has 0 aliphatic rings. The number of halogens is 1. The van der Waals surface area contributed by atoms with E-state index in [1.807, 2.05) is 31.3 Å². The Bertz CT molecular complexity index is 493. The van der Waals surface area contributed by atoms with Crippen molar-refractivity contribution < 1.29 is 9.50 Å². The predicted octanol–water partition coefficient (Wildman–Crippen LogP) is 2.63. The van der Waals surface area contributed by atoms with Gasteiger partial charge in [0.05, 0.1) is 0 Å². The van der Waals surface area contributed by atoms with Crippen molar-refractivity contribution >= 4 is 0 Å². The molecule has 0 spiro atoms. The first-order valence-corrected chi connectivity index (χ1v) is 5.87. The molecular formula is C15H16FNO. The van der Waals surface area contributed by atoms with Gasteiger partial charge in [-0.25, -0.2) is 4.39 Å². The van der Waals surface area contributed by atoms with Crippen molar-refractivity contribution in [2.24, 2.45) is 0 Å². The van der Waals surface area contributed by atoms with Crippen molar-refractivity contribution in [2.45, 2.75) is 12.6 Å². The summed E-state index contributed by atoms with van der Waals surface area (Å²) in [6, 6.07) is 13.6. The third-order valence-electron chi connectivity index (χ3n) is 2.86. The molecule has 0 aliphatic carbocycles. The van der Waals surface area contributed by atoms with Crippen LogP contribution in [0, 0.1) is 5.82 Å². The Morgan fingerprint density at radius 3 is 2.00 bits per heavy atom. The zero-order valence-electron chi connectivity index (χ0n) is 10.2. The molecule has 2 nitrogen and oxygen atoms in total. The van der Waals surface area contributed by atoms with Gasteiger partial charge in [-0.05, 0) is 35.9 Å². The second-order valence-electron chi connectivity index (χ2n) is 4.23. The molecule has 2 aromatic carbocycles. The molecule has 18 heavy (non-hydrogen) atoms. The van der Waals surface area contributed by atoms with Crippen LogP contribution in [0.2, 0.25) is 0 Å². The predicted molar refractivity (Wildman–Crippen MR) is 69.7 cm³/mol. The standard InChI is InChI=1S/C15H16FNO/c1-17-10-11-2-4-12(5-3-11)15(18)13-6-8-14(16)9-7-13/h2-9,15,17-18H,10H2,1H3. The summed E-state index contributed by atoms with van der Waals surface area (Å²) in [7, 11) is 1.89. The number of nitrogens with one attached hydrogen (secondary N) is 1. The highest BCUT2D eigenvalue weighted by Gasteiger charge is 2.10. The summed E-state index contributed by atoms with van der Waals surface area (Å²) < 4.78 is 12.8. The third kappa shape index (κ3) is 2.94. The van der Waals surface area contributed by atoms with Crippen LogP contribution in [0.25, 0.3) is 0 Å². The van der Waals surface area contributed by atoms with E-state index in [2.05, 4.69) is 5.32 Å². The van der Waals surface area contributed by atoms with Crippen LogP contribution in [0.15, 0.2) is 48.5 Å². The third-order valence-corrected chi connectivity index (χ3v) is 2.86. The van der Waals surface area contributed by atoms with E-state index in [-0.39, 0.29) is 5.82 Å². The Morgan fingerprint density at radius 2 is 1.50 bits per heavy atom. The van der Waals surface area contributed by atoms with E-state index in [1.54, 1.807) is 12.1 Å². The van der Waals surface area contributed by atoms with E-state index in [1.165, 1.54) is 12.1 Å². The van der Waals surface area contributed by atoms with E-state index in [0.29, 0.717) is 5.56 Å². The molecule has 0 fully saturated rings. The molecule has 2 rings (SSSR count). The molecule has 1 atom stereocenters. The summed E-state index contributed by atoms with van der Waals surface area (Å²) in [6.45, 7) is 0.799. The van der Waals surface area contributed by atoms with Crippen molar-refractivity contribution in [1.82, 2.24) is 5.32 Å². The van der Waals surface area contributed by atoms with Crippen molar-refractivity contribution in [2.75, 3.05) is 7.05 Å². The van der Waals surface area contributed by atoms with E-state index in [0.717, 1.165) is 17.7 Å². The van der Waals surface area contributed by atoms with Crippen molar-refractivity contribution in [3.05, 3.63) is 71.0 Å². The minimum atomic E-state index is -0.714. The fraction of sp³-hybridized carbons (Fsp3) is 0.200. The van der Waals surface area contributed by atoms with Crippen LogP contribution in [-0.2, 0) is 6.54 Å². The Morgan fingerprint density at radius 1 is 1.00 bits per heavy atom. The molecule has 0 radical (unpaired) electrons. The van der Waals surface area contributed by atoms with Gasteiger partial charge < -0.3 is 10.4 Å². The van der Waals surface area contributed by atoms with Gasteiger partial charge in [-0.3, -0.25) is 0 Å². The topological polar surface area (TPSA) is 32.3 Å². The van der Waals surface area contributed by atoms with Gasteiger partial charge in [-0.15, -0.1) is 0 Å². The molecule has 0 amide bonds. The normalized spacial score (nSPS) is 12.4. The molecule has 3 heteroatoms. The second kappa shape index (κ2) is 5.76. The van der Waals surface area contributed by atoms with Crippen molar-refractivity contribution in [3.63, 3.8) is 0 Å². The summed E-state index contributed by atoms with van der Waals surface area (Å²) in [5.41, 5.74) is 2.66. The fourth-order valence-corrected chi connectivity index (χ4v) is 1.86. The monoisotopic (exact) mass is 245 g/mol. The van der Waals surface area contributed by atoms with E-state index in [9.17, 15) is 9.50 Å². The Labute approximate surface area is 106 Å². The lowest BCUT2D eigenvalue weighted by atomic mass is 10.0. The zero-order valence-corrected chi connectivity index (χ0v) is 10.2. The van der Waals surface area contributed by atoms with Crippen LogP contribution < -0.4 is 5.32 Å². The van der Waals surface area contributed by atoms with Crippen LogP contribution in [-0.4, -0.2) is 12.2 Å². The minimum absolute atomic E-state index is 0.296. The van der Waals surface area contributed by atoms with Crippen LogP contribution in [0.4, 0.5) is 4.39 Å². The lowest BCUT2D eigenvalue weighted by molar-refractivity contribution is 0.220. The molecule has 1 unspecified atom stereocenters. The first-order valence-electron chi connectivity index (χ1n) is 5.87. The van der Waals surface area contributed by atoms with E-state index < -0.39 is 6.10 Å². The lowest BCUT2D eigenvalue weighted by Gasteiger charge is -2.12. The van der Waals surface area contributed by atoms with Gasteiger partial charge >= 0.3 is 0 Å². The number of hydrogen-bond donors (Lipinski definition) is 2. The van der Waals surface area contributed by atoms with Gasteiger partial charge in [-0.2, -0.15) is 0 Å². The Kier molecular flexibility index (Phi) is 4.07. The molecule has 0 bridgehead atoms. The first-order chi connectivity index (χ1) is 8.70. The van der Waals surface area contributed by atoms with Crippen LogP contribution >= 0.6 is 0 Å². The molecule has 94 valence electrons. The number of aliphatic hydroxyl groups is 1. The largest absolute Gasteiger partial charge is 0.384 e. The van der Waals surface area contributed by atoms with Crippen molar-refractivity contribution in [3.8, 4) is 0 Å².